The van der Waals surface area contributed by atoms with Crippen LogP contribution >= 0.6 is 0 Å². The number of sulfonamides is 1. The summed E-state index contributed by atoms with van der Waals surface area (Å²) in [5.41, 5.74) is 2.63. The van der Waals surface area contributed by atoms with Crippen molar-refractivity contribution in [2.45, 2.75) is 37.2 Å². The van der Waals surface area contributed by atoms with E-state index in [1.54, 1.807) is 6.20 Å². The third-order valence-electron chi connectivity index (χ3n) is 6.99. The SMILES string of the molecule is Cc1c(N(Cc2cc3ccccc3n2C2CC2)S(=O)(=O)c2ccc(C(=O)[O-])cc2)ncc2ccccc12.[Na+]. The van der Waals surface area contributed by atoms with E-state index < -0.39 is 16.0 Å². The molecule has 0 aliphatic heterocycles. The van der Waals surface area contributed by atoms with E-state index in [0.717, 1.165) is 45.8 Å². The first kappa shape index (κ1) is 26.4. The van der Waals surface area contributed by atoms with E-state index in [4.69, 9.17) is 0 Å². The van der Waals surface area contributed by atoms with E-state index in [9.17, 15) is 18.3 Å². The Morgan fingerprint density at radius 1 is 1.00 bits per heavy atom. The van der Waals surface area contributed by atoms with Gasteiger partial charge in [0, 0.05) is 34.4 Å². The smallest absolute Gasteiger partial charge is 0.545 e. The topological polar surface area (TPSA) is 95.3 Å². The van der Waals surface area contributed by atoms with E-state index in [1.807, 2.05) is 55.5 Å². The van der Waals surface area contributed by atoms with Gasteiger partial charge in [0.1, 0.15) is 5.82 Å². The van der Waals surface area contributed by atoms with Crippen LogP contribution in [-0.4, -0.2) is 23.9 Å². The first-order valence-corrected chi connectivity index (χ1v) is 13.6. The van der Waals surface area contributed by atoms with E-state index in [0.29, 0.717) is 11.9 Å². The Kier molecular flexibility index (Phi) is 7.09. The Morgan fingerprint density at radius 3 is 2.34 bits per heavy atom. The summed E-state index contributed by atoms with van der Waals surface area (Å²) < 4.78 is 31.9. The van der Waals surface area contributed by atoms with Crippen LogP contribution in [0.2, 0.25) is 0 Å². The number of pyridine rings is 1. The number of fused-ring (bicyclic) bond motifs is 2. The zero-order valence-corrected chi connectivity index (χ0v) is 24.0. The van der Waals surface area contributed by atoms with Gasteiger partial charge in [-0.25, -0.2) is 17.7 Å². The van der Waals surface area contributed by atoms with Crippen molar-refractivity contribution in [2.75, 3.05) is 4.31 Å². The summed E-state index contributed by atoms with van der Waals surface area (Å²) in [6.45, 7) is 1.96. The molecule has 0 radical (unpaired) electrons. The van der Waals surface area contributed by atoms with Crippen LogP contribution in [0, 0.1) is 6.92 Å². The van der Waals surface area contributed by atoms with E-state index in [-0.39, 0.29) is 46.6 Å². The number of para-hydroxylation sites is 1. The number of benzene rings is 3. The van der Waals surface area contributed by atoms with Crippen molar-refractivity contribution in [3.63, 3.8) is 0 Å². The predicted molar refractivity (Wildman–Crippen MR) is 141 cm³/mol. The monoisotopic (exact) mass is 533 g/mol. The molecule has 5 aromatic rings. The molecule has 186 valence electrons. The number of carbonyl (C=O) groups excluding carboxylic acids is 1. The summed E-state index contributed by atoms with van der Waals surface area (Å²) in [7, 11) is -4.10. The number of nitrogens with zero attached hydrogens (tertiary/aromatic N) is 3. The van der Waals surface area contributed by atoms with Gasteiger partial charge in [-0.3, -0.25) is 0 Å². The molecule has 2 heterocycles. The van der Waals surface area contributed by atoms with Gasteiger partial charge in [-0.1, -0.05) is 54.6 Å². The van der Waals surface area contributed by atoms with E-state index in [1.165, 1.54) is 28.6 Å². The molecule has 0 amide bonds. The second kappa shape index (κ2) is 10.2. The summed E-state index contributed by atoms with van der Waals surface area (Å²) in [5, 5.41) is 14.1. The fourth-order valence-corrected chi connectivity index (χ4v) is 6.43. The molecule has 1 fully saturated rings. The van der Waals surface area contributed by atoms with Gasteiger partial charge in [0.05, 0.1) is 17.4 Å². The number of carbonyl (C=O) groups is 1. The fraction of sp³-hybridized carbons (Fsp3) is 0.172. The summed E-state index contributed by atoms with van der Waals surface area (Å²) in [6.07, 6.45) is 3.79. The van der Waals surface area contributed by atoms with Gasteiger partial charge in [0.2, 0.25) is 0 Å². The number of aromatic nitrogens is 2. The number of anilines is 1. The molecular weight excluding hydrogens is 509 g/mol. The summed E-state index contributed by atoms with van der Waals surface area (Å²) in [5.74, 6) is -1.02. The molecule has 7 nitrogen and oxygen atoms in total. The zero-order valence-electron chi connectivity index (χ0n) is 21.2. The molecule has 9 heteroatoms. The molecule has 2 aromatic heterocycles. The zero-order chi connectivity index (χ0) is 25.7. The van der Waals surface area contributed by atoms with Crippen LogP contribution < -0.4 is 39.0 Å². The van der Waals surface area contributed by atoms with Crippen molar-refractivity contribution in [2.24, 2.45) is 0 Å². The normalized spacial score (nSPS) is 13.4. The van der Waals surface area contributed by atoms with Crippen molar-refractivity contribution < 1.29 is 47.9 Å². The second-order valence-electron chi connectivity index (χ2n) is 9.41. The van der Waals surface area contributed by atoms with Crippen LogP contribution in [0.25, 0.3) is 21.7 Å². The minimum Gasteiger partial charge on any atom is -0.545 e. The quantitative estimate of drug-likeness (QED) is 0.296. The minimum atomic E-state index is -4.10. The Hall–Kier alpha value is -3.17. The number of hydrogen-bond acceptors (Lipinski definition) is 5. The molecule has 0 unspecified atom stereocenters. The molecule has 0 bridgehead atoms. The standard InChI is InChI=1S/C29H25N3O4S.Na/c1-19-26-8-4-2-7-22(26)17-30-28(19)31(37(35,36)25-14-10-20(11-15-25)29(33)34)18-24-16-21-6-3-5-9-27(21)32(24)23-12-13-23;/h2-11,14-17,23H,12-13,18H2,1H3,(H,33,34);/q;+1/p-1. The predicted octanol–water partition coefficient (Wildman–Crippen LogP) is 1.60. The van der Waals surface area contributed by atoms with Gasteiger partial charge in [0.15, 0.2) is 0 Å². The van der Waals surface area contributed by atoms with Crippen LogP contribution in [0.15, 0.2) is 90.0 Å². The summed E-state index contributed by atoms with van der Waals surface area (Å²) in [4.78, 5) is 15.8. The number of aryl methyl sites for hydroxylation is 1. The molecule has 38 heavy (non-hydrogen) atoms. The third-order valence-corrected chi connectivity index (χ3v) is 8.74. The second-order valence-corrected chi connectivity index (χ2v) is 11.3. The number of aromatic carboxylic acids is 1. The number of rotatable bonds is 7. The molecule has 0 spiro atoms. The van der Waals surface area contributed by atoms with Crippen molar-refractivity contribution >= 4 is 43.5 Å². The first-order chi connectivity index (χ1) is 17.8. The Bertz CT molecular complexity index is 1780. The Balaban J connectivity index is 0.00000294. The number of carboxylic acid groups (broad SMARTS) is 1. The van der Waals surface area contributed by atoms with Crippen LogP contribution in [0.5, 0.6) is 0 Å². The van der Waals surface area contributed by atoms with Gasteiger partial charge in [-0.2, -0.15) is 0 Å². The molecule has 1 saturated carbocycles. The molecule has 1 aliphatic rings. The van der Waals surface area contributed by atoms with Crippen molar-refractivity contribution in [1.82, 2.24) is 9.55 Å². The van der Waals surface area contributed by atoms with E-state index >= 15 is 0 Å². The van der Waals surface area contributed by atoms with Gasteiger partial charge in [-0.05, 0) is 60.4 Å². The van der Waals surface area contributed by atoms with Crippen molar-refractivity contribution in [3.05, 3.63) is 102 Å². The minimum absolute atomic E-state index is 0. The molecule has 1 aliphatic carbocycles. The molecule has 6 rings (SSSR count). The Morgan fingerprint density at radius 2 is 1.66 bits per heavy atom. The third kappa shape index (κ3) is 4.62. The van der Waals surface area contributed by atoms with Crippen LogP contribution in [0.1, 0.15) is 40.5 Å². The molecule has 3 aromatic carbocycles. The van der Waals surface area contributed by atoms with Crippen LogP contribution in [-0.2, 0) is 16.6 Å². The maximum Gasteiger partial charge on any atom is 1.00 e. The summed E-state index contributed by atoms with van der Waals surface area (Å²) in [6, 6.07) is 23.3. The maximum atomic E-state index is 14.1. The molecule has 0 atom stereocenters. The van der Waals surface area contributed by atoms with E-state index in [2.05, 4.69) is 15.6 Å². The van der Waals surface area contributed by atoms with Gasteiger partial charge >= 0.3 is 29.6 Å². The van der Waals surface area contributed by atoms with Crippen molar-refractivity contribution in [1.29, 1.82) is 0 Å². The molecule has 0 N–H and O–H groups in total. The first-order valence-electron chi connectivity index (χ1n) is 12.1. The average Bonchev–Trinajstić information content (AvgIpc) is 3.68. The Labute approximate surface area is 243 Å². The maximum absolute atomic E-state index is 14.1. The largest absolute Gasteiger partial charge is 1.00 e. The fourth-order valence-electron chi connectivity index (χ4n) is 4.98. The van der Waals surface area contributed by atoms with Crippen molar-refractivity contribution in [3.8, 4) is 0 Å². The molecular formula is C29H24N3NaO4S. The van der Waals surface area contributed by atoms with Gasteiger partial charge in [0.25, 0.3) is 10.0 Å². The molecule has 0 saturated heterocycles. The van der Waals surface area contributed by atoms with Crippen LogP contribution in [0.4, 0.5) is 5.82 Å². The van der Waals surface area contributed by atoms with Gasteiger partial charge < -0.3 is 14.5 Å². The van der Waals surface area contributed by atoms with Crippen LogP contribution in [0.3, 0.4) is 0 Å². The average molecular weight is 534 g/mol. The number of hydrogen-bond donors (Lipinski definition) is 0. The summed E-state index contributed by atoms with van der Waals surface area (Å²) >= 11 is 0. The van der Waals surface area contributed by atoms with Gasteiger partial charge in [-0.15, -0.1) is 0 Å². The number of carboxylic acids is 1.